The third kappa shape index (κ3) is 8.74. The molecule has 0 aromatic heterocycles. The number of methoxy groups -OCH3 is 3. The van der Waals surface area contributed by atoms with Crippen LogP contribution in [0.5, 0.6) is 17.2 Å². The molecule has 1 aliphatic rings. The molecule has 0 aliphatic carbocycles. The maximum absolute atomic E-state index is 15.2. The third-order valence-corrected chi connectivity index (χ3v) is 7.32. The summed E-state index contributed by atoms with van der Waals surface area (Å²) in [7, 11) is 4.13. The van der Waals surface area contributed by atoms with Gasteiger partial charge in [0, 0.05) is 38.4 Å². The second kappa shape index (κ2) is 16.4. The van der Waals surface area contributed by atoms with Crippen molar-refractivity contribution >= 4 is 23.8 Å². The lowest BCUT2D eigenvalue weighted by Gasteiger charge is -2.28. The average Bonchev–Trinajstić information content (AvgIpc) is 3.28. The highest BCUT2D eigenvalue weighted by Gasteiger charge is 2.33. The van der Waals surface area contributed by atoms with E-state index in [2.05, 4.69) is 5.32 Å². The molecule has 1 fully saturated rings. The number of nitrogens with one attached hydrogen (secondary N) is 1. The molecule has 13 nitrogen and oxygen atoms in total. The number of rotatable bonds is 13. The van der Waals surface area contributed by atoms with Gasteiger partial charge < -0.3 is 43.7 Å². The van der Waals surface area contributed by atoms with E-state index < -0.39 is 41.7 Å². The molecule has 0 spiro atoms. The van der Waals surface area contributed by atoms with Gasteiger partial charge in [0.2, 0.25) is 0 Å². The first-order chi connectivity index (χ1) is 22.7. The van der Waals surface area contributed by atoms with Crippen LogP contribution in [0.4, 0.5) is 9.18 Å². The van der Waals surface area contributed by atoms with Crippen LogP contribution in [0.3, 0.4) is 0 Å². The third-order valence-electron chi connectivity index (χ3n) is 7.32. The fraction of sp³-hybridized carbons (Fsp3) is 0.333. The number of carbonyl (C=O) groups excluding carboxylic acids is 3. The smallest absolute Gasteiger partial charge is 0.407 e. The lowest BCUT2D eigenvalue weighted by atomic mass is 10.00. The number of likely N-dealkylation sites (tertiary alicyclic amines) is 1. The van der Waals surface area contributed by atoms with Gasteiger partial charge in [-0.25, -0.2) is 14.0 Å². The Balaban J connectivity index is 1.50. The normalized spacial score (nSPS) is 16.0. The maximum Gasteiger partial charge on any atom is 0.407 e. The standard InChI is InChI=1S/C33H35FN2O11/c1-42-18-45-23-12-10-21(11-13-23)31(38)35-24-17-36(33(40)41)16-4-5-25(24)47-32(39)22-8-6-20(7-9-22)30(37)28-26(46-19-43-2)14-15-27(44-3)29(28)34/h6-15,24-25H,4-5,16-19H2,1-3H3,(H,35,38)(H,40,41)/t24-,25-/m1/s1. The summed E-state index contributed by atoms with van der Waals surface area (Å²) in [5, 5.41) is 12.5. The van der Waals surface area contributed by atoms with E-state index in [0.29, 0.717) is 12.2 Å². The molecule has 3 aromatic carbocycles. The van der Waals surface area contributed by atoms with Gasteiger partial charge in [-0.3, -0.25) is 9.59 Å². The van der Waals surface area contributed by atoms with E-state index in [4.69, 9.17) is 28.4 Å². The van der Waals surface area contributed by atoms with Crippen molar-refractivity contribution < 1.29 is 57.1 Å². The fourth-order valence-electron chi connectivity index (χ4n) is 4.92. The molecule has 1 heterocycles. The summed E-state index contributed by atoms with van der Waals surface area (Å²) in [6.07, 6.45) is -1.37. The van der Waals surface area contributed by atoms with Crippen molar-refractivity contribution in [2.24, 2.45) is 0 Å². The molecule has 1 saturated heterocycles. The Bertz CT molecular complexity index is 1560. The number of benzene rings is 3. The number of ether oxygens (including phenoxy) is 6. The summed E-state index contributed by atoms with van der Waals surface area (Å²) < 4.78 is 46.4. The van der Waals surface area contributed by atoms with E-state index >= 15 is 4.39 Å². The van der Waals surface area contributed by atoms with E-state index in [1.807, 2.05) is 0 Å². The van der Waals surface area contributed by atoms with Gasteiger partial charge in [0.25, 0.3) is 5.91 Å². The highest BCUT2D eigenvalue weighted by atomic mass is 19.1. The van der Waals surface area contributed by atoms with Crippen LogP contribution in [-0.2, 0) is 14.2 Å². The molecule has 47 heavy (non-hydrogen) atoms. The molecule has 0 unspecified atom stereocenters. The number of carboxylic acid groups (broad SMARTS) is 1. The van der Waals surface area contributed by atoms with Crippen molar-refractivity contribution in [3.63, 3.8) is 0 Å². The molecule has 0 bridgehead atoms. The van der Waals surface area contributed by atoms with Gasteiger partial charge in [-0.1, -0.05) is 12.1 Å². The van der Waals surface area contributed by atoms with Gasteiger partial charge in [0.05, 0.1) is 18.7 Å². The predicted molar refractivity (Wildman–Crippen MR) is 164 cm³/mol. The van der Waals surface area contributed by atoms with Crippen LogP contribution in [0.15, 0.2) is 60.7 Å². The predicted octanol–water partition coefficient (Wildman–Crippen LogP) is 4.13. The Morgan fingerprint density at radius 3 is 2.11 bits per heavy atom. The van der Waals surface area contributed by atoms with Gasteiger partial charge in [-0.15, -0.1) is 0 Å². The molecular formula is C33H35FN2O11. The molecule has 2 N–H and O–H groups in total. The van der Waals surface area contributed by atoms with E-state index in [9.17, 15) is 24.3 Å². The number of nitrogens with zero attached hydrogens (tertiary/aromatic N) is 1. The monoisotopic (exact) mass is 654 g/mol. The minimum absolute atomic E-state index is 0.0380. The maximum atomic E-state index is 15.2. The topological polar surface area (TPSA) is 159 Å². The largest absolute Gasteiger partial charge is 0.494 e. The average molecular weight is 655 g/mol. The van der Waals surface area contributed by atoms with Crippen LogP contribution in [0.25, 0.3) is 0 Å². The SMILES string of the molecule is COCOc1ccc(C(=O)N[C@@H]2CN(C(=O)O)CCC[C@H]2OC(=O)c2ccc(C(=O)c3c(OCOC)ccc(OC)c3F)cc2)cc1. The summed E-state index contributed by atoms with van der Waals surface area (Å²) in [6.45, 7) is -0.105. The van der Waals surface area contributed by atoms with Crippen LogP contribution in [0, 0.1) is 5.82 Å². The fourth-order valence-corrected chi connectivity index (χ4v) is 4.92. The molecule has 2 atom stereocenters. The number of halogens is 1. The summed E-state index contributed by atoms with van der Waals surface area (Å²) >= 11 is 0. The summed E-state index contributed by atoms with van der Waals surface area (Å²) in [4.78, 5) is 52.7. The highest BCUT2D eigenvalue weighted by Crippen LogP contribution is 2.31. The molecule has 0 radical (unpaired) electrons. The second-order valence-corrected chi connectivity index (χ2v) is 10.4. The number of amides is 2. The van der Waals surface area contributed by atoms with Crippen LogP contribution in [-0.4, -0.2) is 93.9 Å². The Morgan fingerprint density at radius 2 is 1.47 bits per heavy atom. The first kappa shape index (κ1) is 34.7. The highest BCUT2D eigenvalue weighted by molar-refractivity contribution is 6.11. The molecule has 14 heteroatoms. The first-order valence-electron chi connectivity index (χ1n) is 14.5. The second-order valence-electron chi connectivity index (χ2n) is 10.4. The van der Waals surface area contributed by atoms with Crippen LogP contribution in [0.1, 0.15) is 49.5 Å². The van der Waals surface area contributed by atoms with Crippen LogP contribution in [0.2, 0.25) is 0 Å². The Morgan fingerprint density at radius 1 is 0.851 bits per heavy atom. The van der Waals surface area contributed by atoms with E-state index in [0.717, 1.165) is 4.90 Å². The van der Waals surface area contributed by atoms with Crippen molar-refractivity contribution in [1.29, 1.82) is 0 Å². The summed E-state index contributed by atoms with van der Waals surface area (Å²) in [5.41, 5.74) is 0.0641. The minimum Gasteiger partial charge on any atom is -0.494 e. The van der Waals surface area contributed by atoms with Crippen molar-refractivity contribution in [2.75, 3.05) is 48.0 Å². The molecule has 2 amide bonds. The molecule has 250 valence electrons. The zero-order chi connectivity index (χ0) is 33.9. The van der Waals surface area contributed by atoms with Crippen LogP contribution < -0.4 is 19.5 Å². The number of hydrogen-bond acceptors (Lipinski definition) is 10. The molecule has 3 aromatic rings. The minimum atomic E-state index is -1.17. The van der Waals surface area contributed by atoms with E-state index in [1.54, 1.807) is 24.3 Å². The van der Waals surface area contributed by atoms with Crippen molar-refractivity contribution in [1.82, 2.24) is 10.2 Å². The van der Waals surface area contributed by atoms with Gasteiger partial charge in [-0.2, -0.15) is 0 Å². The summed E-state index contributed by atoms with van der Waals surface area (Å²) in [6, 6.07) is 13.5. The Hall–Kier alpha value is -5.21. The molecule has 4 rings (SSSR count). The van der Waals surface area contributed by atoms with Crippen LogP contribution >= 0.6 is 0 Å². The molecular weight excluding hydrogens is 619 g/mol. The Labute approximate surface area is 270 Å². The molecule has 0 saturated carbocycles. The van der Waals surface area contributed by atoms with Gasteiger partial charge in [0.1, 0.15) is 23.2 Å². The zero-order valence-electron chi connectivity index (χ0n) is 26.0. The molecule has 1 aliphatic heterocycles. The number of ketones is 1. The lowest BCUT2D eigenvalue weighted by molar-refractivity contribution is 0.0179. The number of hydrogen-bond donors (Lipinski definition) is 2. The van der Waals surface area contributed by atoms with E-state index in [1.165, 1.54) is 57.7 Å². The Kier molecular flexibility index (Phi) is 12.1. The van der Waals surface area contributed by atoms with Gasteiger partial charge in [0.15, 0.2) is 30.9 Å². The number of esters is 1. The van der Waals surface area contributed by atoms with E-state index in [-0.39, 0.29) is 66.8 Å². The quantitative estimate of drug-likeness (QED) is 0.155. The number of carbonyl (C=O) groups is 4. The van der Waals surface area contributed by atoms with Gasteiger partial charge >= 0.3 is 12.1 Å². The van der Waals surface area contributed by atoms with Crippen molar-refractivity contribution in [2.45, 2.75) is 25.0 Å². The zero-order valence-corrected chi connectivity index (χ0v) is 26.0. The first-order valence-corrected chi connectivity index (χ1v) is 14.5. The van der Waals surface area contributed by atoms with Crippen molar-refractivity contribution in [3.05, 3.63) is 88.7 Å². The summed E-state index contributed by atoms with van der Waals surface area (Å²) in [5.74, 6) is -2.60. The van der Waals surface area contributed by atoms with Gasteiger partial charge in [-0.05, 0) is 61.4 Å². The van der Waals surface area contributed by atoms with Crippen molar-refractivity contribution in [3.8, 4) is 17.2 Å². The lowest BCUT2D eigenvalue weighted by Crippen LogP contribution is -2.51.